The van der Waals surface area contributed by atoms with Crippen LogP contribution < -0.4 is 0 Å². The lowest BCUT2D eigenvalue weighted by molar-refractivity contribution is 0.0515. The van der Waals surface area contributed by atoms with E-state index in [2.05, 4.69) is 15.1 Å². The Balaban J connectivity index is 2.47. The molecule has 0 fully saturated rings. The Kier molecular flexibility index (Phi) is 3.57. The molecule has 2 heterocycles. The van der Waals surface area contributed by atoms with Crippen molar-refractivity contribution >= 4 is 17.6 Å². The maximum atomic E-state index is 11.8. The smallest absolute Gasteiger partial charge is 0.357 e. The third-order valence-corrected chi connectivity index (χ3v) is 2.36. The average Bonchev–Trinajstić information content (AvgIpc) is 2.72. The minimum Gasteiger partial charge on any atom is -0.461 e. The van der Waals surface area contributed by atoms with Crippen molar-refractivity contribution in [3.63, 3.8) is 0 Å². The predicted octanol–water partition coefficient (Wildman–Crippen LogP) is 1.80. The van der Waals surface area contributed by atoms with E-state index >= 15 is 0 Å². The minimum atomic E-state index is -0.451. The van der Waals surface area contributed by atoms with Crippen molar-refractivity contribution in [2.24, 2.45) is 0 Å². The average molecular weight is 267 g/mol. The fourth-order valence-corrected chi connectivity index (χ4v) is 1.61. The first-order valence-electron chi connectivity index (χ1n) is 5.33. The van der Waals surface area contributed by atoms with Crippen molar-refractivity contribution in [3.05, 3.63) is 35.0 Å². The van der Waals surface area contributed by atoms with Crippen LogP contribution in [0.2, 0.25) is 5.15 Å². The molecule has 0 aliphatic carbocycles. The molecule has 94 valence electrons. The summed E-state index contributed by atoms with van der Waals surface area (Å²) in [4.78, 5) is 19.6. The van der Waals surface area contributed by atoms with E-state index < -0.39 is 5.97 Å². The Morgan fingerprint density at radius 3 is 2.89 bits per heavy atom. The third kappa shape index (κ3) is 2.48. The topological polar surface area (TPSA) is 69.9 Å². The lowest BCUT2D eigenvalue weighted by atomic mass is 10.3. The van der Waals surface area contributed by atoms with Gasteiger partial charge in [-0.2, -0.15) is 5.10 Å². The van der Waals surface area contributed by atoms with Crippen LogP contribution in [0.4, 0.5) is 0 Å². The van der Waals surface area contributed by atoms with Crippen molar-refractivity contribution in [3.8, 4) is 5.82 Å². The molecule has 2 aromatic rings. The molecule has 0 atom stereocenters. The molecule has 0 saturated heterocycles. The molecule has 0 N–H and O–H groups in total. The highest BCUT2D eigenvalue weighted by Crippen LogP contribution is 2.14. The van der Waals surface area contributed by atoms with Gasteiger partial charge in [0, 0.05) is 6.07 Å². The number of aromatic nitrogens is 4. The molecule has 0 aliphatic heterocycles. The summed E-state index contributed by atoms with van der Waals surface area (Å²) in [7, 11) is 0. The number of aryl methyl sites for hydroxylation is 1. The van der Waals surface area contributed by atoms with Crippen molar-refractivity contribution < 1.29 is 9.53 Å². The molecule has 7 heteroatoms. The third-order valence-electron chi connectivity index (χ3n) is 2.15. The second-order valence-electron chi connectivity index (χ2n) is 3.50. The van der Waals surface area contributed by atoms with Crippen molar-refractivity contribution in [2.45, 2.75) is 13.8 Å². The van der Waals surface area contributed by atoms with Gasteiger partial charge >= 0.3 is 5.97 Å². The molecule has 2 rings (SSSR count). The molecule has 0 aromatic carbocycles. The number of halogens is 1. The number of ether oxygens (including phenoxy) is 1. The van der Waals surface area contributed by atoms with Crippen LogP contribution in [0.15, 0.2) is 18.5 Å². The van der Waals surface area contributed by atoms with Crippen LogP contribution in [-0.4, -0.2) is 32.3 Å². The number of rotatable bonds is 3. The molecule has 0 aliphatic rings. The Bertz CT molecular complexity index is 582. The number of nitrogens with zero attached hydrogens (tertiary/aromatic N) is 4. The molecule has 18 heavy (non-hydrogen) atoms. The Hall–Kier alpha value is -1.95. The van der Waals surface area contributed by atoms with E-state index in [-0.39, 0.29) is 5.15 Å². The molecule has 0 unspecified atom stereocenters. The number of carbonyl (C=O) groups is 1. The van der Waals surface area contributed by atoms with E-state index in [0.29, 0.717) is 23.8 Å². The fraction of sp³-hybridized carbons (Fsp3) is 0.273. The second kappa shape index (κ2) is 5.14. The van der Waals surface area contributed by atoms with E-state index in [0.717, 1.165) is 0 Å². The maximum absolute atomic E-state index is 11.8. The first-order chi connectivity index (χ1) is 8.61. The lowest BCUT2D eigenvalue weighted by Gasteiger charge is -2.05. The molecule has 0 radical (unpaired) electrons. The molecular formula is C11H11ClN4O2. The van der Waals surface area contributed by atoms with Crippen LogP contribution in [0.3, 0.4) is 0 Å². The predicted molar refractivity (Wildman–Crippen MR) is 64.9 cm³/mol. The molecular weight excluding hydrogens is 256 g/mol. The summed E-state index contributed by atoms with van der Waals surface area (Å²) in [5.41, 5.74) is 0.997. The lowest BCUT2D eigenvalue weighted by Crippen LogP contribution is -2.13. The Labute approximate surface area is 109 Å². The highest BCUT2D eigenvalue weighted by Gasteiger charge is 2.17. The first kappa shape index (κ1) is 12.5. The SMILES string of the molecule is CCOC(=O)c1cc(C)nn1-c1cc(Cl)ncn1. The summed E-state index contributed by atoms with van der Waals surface area (Å²) in [5, 5.41) is 4.47. The Morgan fingerprint density at radius 1 is 1.44 bits per heavy atom. The molecule has 0 spiro atoms. The largest absolute Gasteiger partial charge is 0.461 e. The summed E-state index contributed by atoms with van der Waals surface area (Å²) >= 11 is 5.79. The van der Waals surface area contributed by atoms with Gasteiger partial charge < -0.3 is 4.74 Å². The van der Waals surface area contributed by atoms with Gasteiger partial charge in [0.1, 0.15) is 11.5 Å². The van der Waals surface area contributed by atoms with E-state index in [1.54, 1.807) is 19.9 Å². The van der Waals surface area contributed by atoms with Gasteiger partial charge in [0.05, 0.1) is 12.3 Å². The van der Waals surface area contributed by atoms with Gasteiger partial charge in [-0.25, -0.2) is 19.4 Å². The number of hydrogen-bond donors (Lipinski definition) is 0. The van der Waals surface area contributed by atoms with E-state index in [4.69, 9.17) is 16.3 Å². The zero-order valence-corrected chi connectivity index (χ0v) is 10.7. The van der Waals surface area contributed by atoms with E-state index in [9.17, 15) is 4.79 Å². The summed E-state index contributed by atoms with van der Waals surface area (Å²) in [6, 6.07) is 3.16. The van der Waals surface area contributed by atoms with Crippen LogP contribution in [0.5, 0.6) is 0 Å². The quantitative estimate of drug-likeness (QED) is 0.626. The monoisotopic (exact) mass is 266 g/mol. The molecule has 0 amide bonds. The van der Waals surface area contributed by atoms with Crippen LogP contribution in [0, 0.1) is 6.92 Å². The van der Waals surface area contributed by atoms with Crippen LogP contribution in [0.25, 0.3) is 5.82 Å². The highest BCUT2D eigenvalue weighted by atomic mass is 35.5. The van der Waals surface area contributed by atoms with Gasteiger partial charge in [0.15, 0.2) is 11.5 Å². The van der Waals surface area contributed by atoms with E-state index in [1.807, 2.05) is 0 Å². The van der Waals surface area contributed by atoms with Crippen molar-refractivity contribution in [2.75, 3.05) is 6.61 Å². The molecule has 0 bridgehead atoms. The zero-order chi connectivity index (χ0) is 13.1. The fourth-order valence-electron chi connectivity index (χ4n) is 1.46. The molecule has 2 aromatic heterocycles. The number of hydrogen-bond acceptors (Lipinski definition) is 5. The standard InChI is InChI=1S/C11H11ClN4O2/c1-3-18-11(17)8-4-7(2)15-16(8)10-5-9(12)13-6-14-10/h4-6H,3H2,1-2H3. The van der Waals surface area contributed by atoms with Crippen LogP contribution in [-0.2, 0) is 4.74 Å². The summed E-state index contributed by atoms with van der Waals surface area (Å²) in [5.74, 6) is -0.0287. The number of carbonyl (C=O) groups excluding carboxylic acids is 1. The normalized spacial score (nSPS) is 10.4. The second-order valence-corrected chi connectivity index (χ2v) is 3.89. The highest BCUT2D eigenvalue weighted by molar-refractivity contribution is 6.29. The van der Waals surface area contributed by atoms with Crippen LogP contribution in [0.1, 0.15) is 23.1 Å². The molecule has 6 nitrogen and oxygen atoms in total. The van der Waals surface area contributed by atoms with E-state index in [1.165, 1.54) is 17.1 Å². The summed E-state index contributed by atoms with van der Waals surface area (Å²) in [6.07, 6.45) is 1.31. The first-order valence-corrected chi connectivity index (χ1v) is 5.71. The summed E-state index contributed by atoms with van der Waals surface area (Å²) in [6.45, 7) is 3.82. The van der Waals surface area contributed by atoms with Gasteiger partial charge in [-0.1, -0.05) is 11.6 Å². The van der Waals surface area contributed by atoms with Gasteiger partial charge in [-0.3, -0.25) is 0 Å². The van der Waals surface area contributed by atoms with Crippen LogP contribution >= 0.6 is 11.6 Å². The van der Waals surface area contributed by atoms with Gasteiger partial charge in [0.2, 0.25) is 0 Å². The van der Waals surface area contributed by atoms with Gasteiger partial charge in [-0.05, 0) is 19.9 Å². The molecule has 0 saturated carbocycles. The van der Waals surface area contributed by atoms with Gasteiger partial charge in [-0.15, -0.1) is 0 Å². The summed E-state index contributed by atoms with van der Waals surface area (Å²) < 4.78 is 6.35. The Morgan fingerprint density at radius 2 is 2.22 bits per heavy atom. The van der Waals surface area contributed by atoms with Crippen molar-refractivity contribution in [1.29, 1.82) is 0 Å². The van der Waals surface area contributed by atoms with Gasteiger partial charge in [0.25, 0.3) is 0 Å². The minimum absolute atomic E-state index is 0.281. The number of esters is 1. The van der Waals surface area contributed by atoms with Crippen molar-refractivity contribution in [1.82, 2.24) is 19.7 Å². The zero-order valence-electron chi connectivity index (χ0n) is 9.92. The maximum Gasteiger partial charge on any atom is 0.357 e.